The molecule has 1 aromatic heterocycles. The molecule has 21 heavy (non-hydrogen) atoms. The Bertz CT molecular complexity index is 821. The van der Waals surface area contributed by atoms with Crippen molar-refractivity contribution in [2.75, 3.05) is 13.1 Å². The Kier molecular flexibility index (Phi) is 4.14. The molecule has 1 heterocycles. The highest BCUT2D eigenvalue weighted by Crippen LogP contribution is 2.19. The number of nitrogens with one attached hydrogen (secondary N) is 2. The molecule has 3 N–H and O–H groups in total. The van der Waals surface area contributed by atoms with Crippen LogP contribution in [0.1, 0.15) is 13.3 Å². The first-order valence-electron chi connectivity index (χ1n) is 6.28. The van der Waals surface area contributed by atoms with Crippen molar-refractivity contribution in [2.45, 2.75) is 18.2 Å². The van der Waals surface area contributed by atoms with E-state index in [4.69, 9.17) is 5.11 Å². The molecule has 0 atom stereocenters. The normalized spacial score (nSPS) is 12.1. The van der Waals surface area contributed by atoms with Gasteiger partial charge in [-0.25, -0.2) is 13.2 Å². The van der Waals surface area contributed by atoms with Crippen molar-refractivity contribution in [3.05, 3.63) is 28.7 Å². The predicted octanol–water partition coefficient (Wildman–Crippen LogP) is 0.341. The van der Waals surface area contributed by atoms with Crippen molar-refractivity contribution in [1.82, 2.24) is 14.3 Å². The largest absolute Gasteiger partial charge is 0.480 e. The van der Waals surface area contributed by atoms with E-state index in [1.165, 1.54) is 18.2 Å². The molecule has 1 aromatic carbocycles. The first-order chi connectivity index (χ1) is 9.84. The van der Waals surface area contributed by atoms with Crippen molar-refractivity contribution in [2.24, 2.45) is 0 Å². The number of nitrogens with zero attached hydrogens (tertiary/aromatic N) is 1. The molecule has 0 spiro atoms. The summed E-state index contributed by atoms with van der Waals surface area (Å²) in [4.78, 5) is 26.9. The van der Waals surface area contributed by atoms with Crippen LogP contribution >= 0.6 is 0 Å². The van der Waals surface area contributed by atoms with Crippen molar-refractivity contribution in [3.8, 4) is 0 Å². The number of fused-ring (bicyclic) bond motifs is 1. The third-order valence-electron chi connectivity index (χ3n) is 2.91. The molecule has 0 saturated heterocycles. The van der Waals surface area contributed by atoms with Crippen LogP contribution in [0.25, 0.3) is 11.0 Å². The van der Waals surface area contributed by atoms with Gasteiger partial charge in [-0.2, -0.15) is 4.31 Å². The Balaban J connectivity index is 2.47. The number of aliphatic carboxylic acids is 1. The molecule has 2 aromatic rings. The number of carbonyl (C=O) groups is 1. The van der Waals surface area contributed by atoms with E-state index in [-0.39, 0.29) is 11.4 Å². The van der Waals surface area contributed by atoms with Gasteiger partial charge < -0.3 is 15.1 Å². The highest BCUT2D eigenvalue weighted by Gasteiger charge is 2.26. The van der Waals surface area contributed by atoms with Crippen LogP contribution in [0, 0.1) is 0 Å². The van der Waals surface area contributed by atoms with Crippen LogP contribution in [-0.2, 0) is 14.8 Å². The molecule has 2 rings (SSSR count). The van der Waals surface area contributed by atoms with E-state index >= 15 is 0 Å². The zero-order valence-electron chi connectivity index (χ0n) is 11.3. The standard InChI is InChI=1S/C12H15N3O5S/c1-2-5-15(7-11(16)17)21(19,20)8-3-4-9-10(6-8)14-12(18)13-9/h3-4,6H,2,5,7H2,1H3,(H,16,17)(H2,13,14,18). The minimum Gasteiger partial charge on any atom is -0.480 e. The molecule has 0 saturated carbocycles. The molecule has 0 aliphatic rings. The van der Waals surface area contributed by atoms with Gasteiger partial charge in [0.05, 0.1) is 15.9 Å². The van der Waals surface area contributed by atoms with E-state index in [9.17, 15) is 18.0 Å². The van der Waals surface area contributed by atoms with Gasteiger partial charge in [0.15, 0.2) is 0 Å². The molecule has 0 unspecified atom stereocenters. The molecule has 0 aliphatic heterocycles. The van der Waals surface area contributed by atoms with E-state index in [1.807, 2.05) is 0 Å². The number of aromatic amines is 2. The molecule has 0 amide bonds. The van der Waals surface area contributed by atoms with Gasteiger partial charge in [-0.15, -0.1) is 0 Å². The van der Waals surface area contributed by atoms with Crippen molar-refractivity contribution < 1.29 is 18.3 Å². The van der Waals surface area contributed by atoms with Gasteiger partial charge in [0.25, 0.3) is 0 Å². The summed E-state index contributed by atoms with van der Waals surface area (Å²) in [6, 6.07) is 4.12. The summed E-state index contributed by atoms with van der Waals surface area (Å²) >= 11 is 0. The molecule has 0 fully saturated rings. The van der Waals surface area contributed by atoms with Crippen molar-refractivity contribution in [3.63, 3.8) is 0 Å². The molecule has 8 nitrogen and oxygen atoms in total. The van der Waals surface area contributed by atoms with Crippen LogP contribution in [0.3, 0.4) is 0 Å². The number of imidazole rings is 1. The van der Waals surface area contributed by atoms with Crippen molar-refractivity contribution >= 4 is 27.0 Å². The van der Waals surface area contributed by atoms with Gasteiger partial charge in [-0.3, -0.25) is 4.79 Å². The van der Waals surface area contributed by atoms with Crippen LogP contribution in [0.5, 0.6) is 0 Å². The highest BCUT2D eigenvalue weighted by molar-refractivity contribution is 7.89. The maximum absolute atomic E-state index is 12.5. The second-order valence-corrected chi connectivity index (χ2v) is 6.46. The predicted molar refractivity (Wildman–Crippen MR) is 75.6 cm³/mol. The van der Waals surface area contributed by atoms with Crippen LogP contribution in [0.4, 0.5) is 0 Å². The Morgan fingerprint density at radius 3 is 2.57 bits per heavy atom. The lowest BCUT2D eigenvalue weighted by molar-refractivity contribution is -0.137. The minimum atomic E-state index is -3.92. The summed E-state index contributed by atoms with van der Waals surface area (Å²) in [6.07, 6.45) is 0.496. The second kappa shape index (κ2) is 5.70. The zero-order valence-corrected chi connectivity index (χ0v) is 12.1. The number of sulfonamides is 1. The average molecular weight is 313 g/mol. The SMILES string of the molecule is CCCN(CC(=O)O)S(=O)(=O)c1ccc2[nH]c(=O)[nH]c2c1. The Morgan fingerprint density at radius 1 is 1.29 bits per heavy atom. The quantitative estimate of drug-likeness (QED) is 0.709. The first-order valence-corrected chi connectivity index (χ1v) is 7.72. The van der Waals surface area contributed by atoms with Gasteiger partial charge in [-0.1, -0.05) is 6.92 Å². The number of carboxylic acids is 1. The Morgan fingerprint density at radius 2 is 1.95 bits per heavy atom. The molecule has 0 radical (unpaired) electrons. The summed E-state index contributed by atoms with van der Waals surface area (Å²) in [5, 5.41) is 8.84. The van der Waals surface area contributed by atoms with Crippen molar-refractivity contribution in [1.29, 1.82) is 0 Å². The number of hydrogen-bond donors (Lipinski definition) is 3. The van der Waals surface area contributed by atoms with Crippen LogP contribution < -0.4 is 5.69 Å². The topological polar surface area (TPSA) is 123 Å². The van der Waals surface area contributed by atoms with Gasteiger partial charge in [0.1, 0.15) is 6.54 Å². The third-order valence-corrected chi connectivity index (χ3v) is 4.75. The Hall–Kier alpha value is -2.13. The molecule has 0 aliphatic carbocycles. The van der Waals surface area contributed by atoms with E-state index in [0.717, 1.165) is 4.31 Å². The molecule has 9 heteroatoms. The maximum atomic E-state index is 12.5. The van der Waals surface area contributed by atoms with Crippen LogP contribution in [0.15, 0.2) is 27.9 Å². The van der Waals surface area contributed by atoms with E-state index in [2.05, 4.69) is 9.97 Å². The lowest BCUT2D eigenvalue weighted by atomic mass is 10.3. The van der Waals surface area contributed by atoms with Gasteiger partial charge in [0, 0.05) is 6.54 Å². The summed E-state index contributed by atoms with van der Waals surface area (Å²) in [7, 11) is -3.92. The van der Waals surface area contributed by atoms with E-state index in [0.29, 0.717) is 17.5 Å². The fraction of sp³-hybridized carbons (Fsp3) is 0.333. The number of rotatable bonds is 6. The average Bonchev–Trinajstić information content (AvgIpc) is 2.76. The number of carboxylic acid groups (broad SMARTS) is 1. The van der Waals surface area contributed by atoms with Crippen LogP contribution in [-0.4, -0.2) is 46.9 Å². The number of benzene rings is 1. The zero-order chi connectivity index (χ0) is 15.6. The van der Waals surface area contributed by atoms with Gasteiger partial charge in [0.2, 0.25) is 10.0 Å². The maximum Gasteiger partial charge on any atom is 0.323 e. The number of aromatic nitrogens is 2. The summed E-state index contributed by atoms with van der Waals surface area (Å²) in [5.74, 6) is -1.22. The molecular weight excluding hydrogens is 298 g/mol. The fourth-order valence-corrected chi connectivity index (χ4v) is 3.51. The molecule has 0 bridgehead atoms. The second-order valence-electron chi connectivity index (χ2n) is 4.52. The monoisotopic (exact) mass is 313 g/mol. The summed E-state index contributed by atoms with van der Waals surface area (Å²) < 4.78 is 25.8. The lowest BCUT2D eigenvalue weighted by Gasteiger charge is -2.19. The number of hydrogen-bond acceptors (Lipinski definition) is 4. The van der Waals surface area contributed by atoms with E-state index < -0.39 is 28.2 Å². The summed E-state index contributed by atoms with van der Waals surface area (Å²) in [5.41, 5.74) is 0.405. The number of H-pyrrole nitrogens is 2. The molecular formula is C12H15N3O5S. The van der Waals surface area contributed by atoms with Crippen LogP contribution in [0.2, 0.25) is 0 Å². The smallest absolute Gasteiger partial charge is 0.323 e. The molecule has 114 valence electrons. The third kappa shape index (κ3) is 3.14. The van der Waals surface area contributed by atoms with E-state index in [1.54, 1.807) is 6.92 Å². The minimum absolute atomic E-state index is 0.0556. The Labute approximate surface area is 120 Å². The first kappa shape index (κ1) is 15.3. The van der Waals surface area contributed by atoms with Gasteiger partial charge in [-0.05, 0) is 24.6 Å². The highest BCUT2D eigenvalue weighted by atomic mass is 32.2. The fourth-order valence-electron chi connectivity index (χ4n) is 2.01. The summed E-state index contributed by atoms with van der Waals surface area (Å²) in [6.45, 7) is 1.27. The lowest BCUT2D eigenvalue weighted by Crippen LogP contribution is -2.36. The van der Waals surface area contributed by atoms with Gasteiger partial charge >= 0.3 is 11.7 Å².